The quantitative estimate of drug-likeness (QED) is 0.406. The van der Waals surface area contributed by atoms with Crippen LogP contribution in [0.5, 0.6) is 11.5 Å². The van der Waals surface area contributed by atoms with E-state index >= 15 is 0 Å². The molecule has 1 fully saturated rings. The normalized spacial score (nSPS) is 18.5. The highest BCUT2D eigenvalue weighted by molar-refractivity contribution is 6.06. The molecular weight excluding hydrogens is 486 g/mol. The molecule has 7 rings (SSSR count). The average molecular weight is 510 g/mol. The summed E-state index contributed by atoms with van der Waals surface area (Å²) in [5, 5.41) is 5.82. The molecule has 1 saturated heterocycles. The van der Waals surface area contributed by atoms with E-state index in [1.807, 2.05) is 65.2 Å². The van der Waals surface area contributed by atoms with Gasteiger partial charge < -0.3 is 19.7 Å². The van der Waals surface area contributed by atoms with Gasteiger partial charge in [-0.15, -0.1) is 0 Å². The number of fused-ring (bicyclic) bond motifs is 3. The largest absolute Gasteiger partial charge is 0.486 e. The number of hydrogen-bond acceptors (Lipinski definition) is 7. The number of ether oxygens (including phenoxy) is 2. The first-order valence-electron chi connectivity index (χ1n) is 12.5. The molecule has 0 saturated carbocycles. The van der Waals surface area contributed by atoms with Crippen LogP contribution in [-0.2, 0) is 16.1 Å². The Bertz CT molecular complexity index is 1640. The standard InChI is InChI=1S/C28H23N5O5/c34-24-9-7-20(27(35)31-24)33-15-17-5-4-16(13-19(17)28(33)36)25-26(32-10-2-1-3-23(32)30-25)29-18-6-8-21-22(14-18)38-12-11-37-21/h1-6,8,10,13-14,20,29H,7,9,11-12,15H2,(H,31,34,35). The summed E-state index contributed by atoms with van der Waals surface area (Å²) in [6.45, 7) is 1.35. The zero-order valence-electron chi connectivity index (χ0n) is 20.3. The van der Waals surface area contributed by atoms with Gasteiger partial charge in [0.1, 0.15) is 36.4 Å². The summed E-state index contributed by atoms with van der Waals surface area (Å²) in [6, 6.07) is 16.5. The minimum absolute atomic E-state index is 0.220. The van der Waals surface area contributed by atoms with Crippen LogP contribution >= 0.6 is 0 Å². The number of carbonyl (C=O) groups excluding carboxylic acids is 3. The monoisotopic (exact) mass is 509 g/mol. The Hall–Kier alpha value is -4.86. The van der Waals surface area contributed by atoms with E-state index in [2.05, 4.69) is 10.6 Å². The molecule has 5 heterocycles. The minimum Gasteiger partial charge on any atom is -0.486 e. The van der Waals surface area contributed by atoms with Crippen molar-refractivity contribution in [3.63, 3.8) is 0 Å². The van der Waals surface area contributed by atoms with Crippen molar-refractivity contribution >= 4 is 34.9 Å². The first kappa shape index (κ1) is 22.3. The van der Waals surface area contributed by atoms with Crippen LogP contribution in [0.15, 0.2) is 60.8 Å². The Morgan fingerprint density at radius 1 is 0.974 bits per heavy atom. The molecule has 3 aliphatic rings. The fourth-order valence-electron chi connectivity index (χ4n) is 5.28. The number of amides is 3. The van der Waals surface area contributed by atoms with Gasteiger partial charge in [-0.25, -0.2) is 4.98 Å². The van der Waals surface area contributed by atoms with Crippen molar-refractivity contribution in [3.8, 4) is 22.8 Å². The van der Waals surface area contributed by atoms with Crippen LogP contribution in [-0.4, -0.2) is 51.3 Å². The lowest BCUT2D eigenvalue weighted by Gasteiger charge is -2.29. The average Bonchev–Trinajstić information content (AvgIpc) is 3.46. The lowest BCUT2D eigenvalue weighted by Crippen LogP contribution is -2.52. The summed E-state index contributed by atoms with van der Waals surface area (Å²) in [4.78, 5) is 43.8. The Kier molecular flexibility index (Phi) is 5.07. The predicted octanol–water partition coefficient (Wildman–Crippen LogP) is 3.28. The van der Waals surface area contributed by atoms with Gasteiger partial charge in [-0.3, -0.25) is 24.1 Å². The zero-order valence-corrected chi connectivity index (χ0v) is 20.3. The molecule has 4 aromatic rings. The number of carbonyl (C=O) groups is 3. The van der Waals surface area contributed by atoms with Gasteiger partial charge in [0, 0.05) is 42.0 Å². The summed E-state index contributed by atoms with van der Waals surface area (Å²) < 4.78 is 13.3. The molecule has 3 amide bonds. The lowest BCUT2D eigenvalue weighted by atomic mass is 10.0. The number of benzene rings is 2. The number of nitrogens with one attached hydrogen (secondary N) is 2. The molecule has 0 bridgehead atoms. The van der Waals surface area contributed by atoms with Gasteiger partial charge in [-0.2, -0.15) is 0 Å². The third-order valence-corrected chi connectivity index (χ3v) is 7.14. The number of imide groups is 1. The molecule has 1 unspecified atom stereocenters. The van der Waals surface area contributed by atoms with Gasteiger partial charge in [-0.05, 0) is 42.3 Å². The van der Waals surface area contributed by atoms with Gasteiger partial charge in [0.05, 0.1) is 0 Å². The molecule has 10 nitrogen and oxygen atoms in total. The van der Waals surface area contributed by atoms with Crippen LogP contribution < -0.4 is 20.1 Å². The van der Waals surface area contributed by atoms with E-state index in [9.17, 15) is 14.4 Å². The summed E-state index contributed by atoms with van der Waals surface area (Å²) in [6.07, 6.45) is 2.47. The van der Waals surface area contributed by atoms with Gasteiger partial charge >= 0.3 is 0 Å². The topological polar surface area (TPSA) is 114 Å². The Balaban J connectivity index is 1.25. The van der Waals surface area contributed by atoms with Crippen LogP contribution in [0.1, 0.15) is 28.8 Å². The van der Waals surface area contributed by atoms with Crippen molar-refractivity contribution in [1.82, 2.24) is 19.6 Å². The molecule has 0 spiro atoms. The summed E-state index contributed by atoms with van der Waals surface area (Å²) in [5.74, 6) is 1.17. The molecule has 2 aromatic carbocycles. The smallest absolute Gasteiger partial charge is 0.255 e. The highest BCUT2D eigenvalue weighted by Crippen LogP contribution is 2.38. The first-order chi connectivity index (χ1) is 18.5. The van der Waals surface area contributed by atoms with Crippen LogP contribution in [0.3, 0.4) is 0 Å². The fraction of sp³-hybridized carbons (Fsp3) is 0.214. The fourth-order valence-corrected chi connectivity index (χ4v) is 5.28. The van der Waals surface area contributed by atoms with Crippen molar-refractivity contribution in [3.05, 3.63) is 71.9 Å². The third-order valence-electron chi connectivity index (χ3n) is 7.14. The van der Waals surface area contributed by atoms with E-state index in [0.29, 0.717) is 48.9 Å². The SMILES string of the molecule is O=C1CCC(N2Cc3ccc(-c4nc5ccccn5c4Nc4ccc5c(c4)OCCO5)cc3C2=O)C(=O)N1. The van der Waals surface area contributed by atoms with Gasteiger partial charge in [0.2, 0.25) is 11.8 Å². The molecule has 0 radical (unpaired) electrons. The van der Waals surface area contributed by atoms with E-state index < -0.39 is 11.9 Å². The maximum Gasteiger partial charge on any atom is 0.255 e. The molecule has 0 aliphatic carbocycles. The van der Waals surface area contributed by atoms with Crippen molar-refractivity contribution in [2.45, 2.75) is 25.4 Å². The Morgan fingerprint density at radius 3 is 2.71 bits per heavy atom. The second-order valence-electron chi connectivity index (χ2n) is 9.49. The van der Waals surface area contributed by atoms with Crippen LogP contribution in [0.2, 0.25) is 0 Å². The number of aromatic nitrogens is 2. The molecule has 10 heteroatoms. The van der Waals surface area contributed by atoms with Gasteiger partial charge in [0.25, 0.3) is 5.91 Å². The van der Waals surface area contributed by atoms with Crippen LogP contribution in [0.4, 0.5) is 11.5 Å². The van der Waals surface area contributed by atoms with Crippen molar-refractivity contribution in [2.24, 2.45) is 0 Å². The highest BCUT2D eigenvalue weighted by Gasteiger charge is 2.39. The van der Waals surface area contributed by atoms with Crippen LogP contribution in [0.25, 0.3) is 16.9 Å². The van der Waals surface area contributed by atoms with E-state index in [4.69, 9.17) is 14.5 Å². The number of anilines is 2. The highest BCUT2D eigenvalue weighted by atomic mass is 16.6. The Labute approximate surface area is 217 Å². The van der Waals surface area contributed by atoms with E-state index in [1.54, 1.807) is 4.90 Å². The van der Waals surface area contributed by atoms with Crippen molar-refractivity contribution < 1.29 is 23.9 Å². The number of nitrogens with zero attached hydrogens (tertiary/aromatic N) is 3. The summed E-state index contributed by atoms with van der Waals surface area (Å²) >= 11 is 0. The number of piperidine rings is 1. The zero-order chi connectivity index (χ0) is 25.8. The molecule has 38 heavy (non-hydrogen) atoms. The Morgan fingerprint density at radius 2 is 1.84 bits per heavy atom. The van der Waals surface area contributed by atoms with Crippen LogP contribution in [0, 0.1) is 0 Å². The minimum atomic E-state index is -0.654. The molecular formula is C28H23N5O5. The second-order valence-corrected chi connectivity index (χ2v) is 9.49. The maximum atomic E-state index is 13.4. The molecule has 1 atom stereocenters. The lowest BCUT2D eigenvalue weighted by molar-refractivity contribution is -0.136. The summed E-state index contributed by atoms with van der Waals surface area (Å²) in [5.41, 5.74) is 4.39. The number of hydrogen-bond donors (Lipinski definition) is 2. The molecule has 2 aromatic heterocycles. The third kappa shape index (κ3) is 3.64. The van der Waals surface area contributed by atoms with E-state index in [1.165, 1.54) is 0 Å². The number of rotatable bonds is 4. The van der Waals surface area contributed by atoms with Gasteiger partial charge in [0.15, 0.2) is 11.5 Å². The van der Waals surface area contributed by atoms with E-state index in [-0.39, 0.29) is 18.2 Å². The molecule has 2 N–H and O–H groups in total. The van der Waals surface area contributed by atoms with Crippen molar-refractivity contribution in [2.75, 3.05) is 18.5 Å². The maximum absolute atomic E-state index is 13.4. The van der Waals surface area contributed by atoms with Crippen molar-refractivity contribution in [1.29, 1.82) is 0 Å². The first-order valence-corrected chi connectivity index (χ1v) is 12.5. The second kappa shape index (κ2) is 8.62. The molecule has 190 valence electrons. The number of pyridine rings is 1. The number of imidazole rings is 1. The predicted molar refractivity (Wildman–Crippen MR) is 137 cm³/mol. The molecule has 3 aliphatic heterocycles. The van der Waals surface area contributed by atoms with E-state index in [0.717, 1.165) is 28.3 Å². The van der Waals surface area contributed by atoms with Gasteiger partial charge in [-0.1, -0.05) is 18.2 Å². The summed E-state index contributed by atoms with van der Waals surface area (Å²) in [7, 11) is 0.